The number of hydrogen-bond acceptors (Lipinski definition) is 5. The molecule has 3 nitrogen and oxygen atoms in total. The first-order chi connectivity index (χ1) is 6.83. The lowest BCUT2D eigenvalue weighted by molar-refractivity contribution is -0.142. The highest BCUT2D eigenvalue weighted by Crippen LogP contribution is 2.12. The highest BCUT2D eigenvalue weighted by atomic mass is 32.2. The minimum Gasteiger partial charge on any atom is -0.466 e. The van der Waals surface area contributed by atoms with Gasteiger partial charge < -0.3 is 4.74 Å². The van der Waals surface area contributed by atoms with Gasteiger partial charge >= 0.3 is 5.97 Å². The van der Waals surface area contributed by atoms with E-state index >= 15 is 0 Å². The fraction of sp³-hybridized carbons (Fsp3) is 0.556. The second-order valence-corrected chi connectivity index (χ2v) is 4.30. The summed E-state index contributed by atoms with van der Waals surface area (Å²) >= 11 is 3.16. The highest BCUT2D eigenvalue weighted by molar-refractivity contribution is 7.98. The van der Waals surface area contributed by atoms with Gasteiger partial charge in [-0.3, -0.25) is 4.79 Å². The summed E-state index contributed by atoms with van der Waals surface area (Å²) in [7, 11) is 0. The van der Waals surface area contributed by atoms with Crippen LogP contribution in [0.1, 0.15) is 19.0 Å². The van der Waals surface area contributed by atoms with Crippen LogP contribution in [-0.4, -0.2) is 23.3 Å². The number of thiazole rings is 1. The Labute approximate surface area is 91.9 Å². The largest absolute Gasteiger partial charge is 0.466 e. The number of carbonyl (C=O) groups is 1. The van der Waals surface area contributed by atoms with Crippen LogP contribution in [0, 0.1) is 5.51 Å². The third-order valence-corrected chi connectivity index (χ3v) is 3.02. The second kappa shape index (κ2) is 6.84. The van der Waals surface area contributed by atoms with Gasteiger partial charge in [0.05, 0.1) is 18.7 Å². The van der Waals surface area contributed by atoms with Crippen LogP contribution >= 0.6 is 23.1 Å². The molecule has 1 aromatic heterocycles. The molecule has 0 saturated heterocycles. The maximum Gasteiger partial charge on any atom is 0.306 e. The van der Waals surface area contributed by atoms with Crippen LogP contribution in [-0.2, 0) is 15.3 Å². The number of thioether (sulfide) groups is 1. The van der Waals surface area contributed by atoms with Gasteiger partial charge in [0.1, 0.15) is 0 Å². The lowest BCUT2D eigenvalue weighted by atomic mass is 10.5. The molecule has 0 amide bonds. The summed E-state index contributed by atoms with van der Waals surface area (Å²) in [4.78, 5) is 15.0. The molecule has 77 valence electrons. The van der Waals surface area contributed by atoms with Crippen molar-refractivity contribution < 1.29 is 9.53 Å². The van der Waals surface area contributed by atoms with Crippen molar-refractivity contribution in [1.29, 1.82) is 0 Å². The van der Waals surface area contributed by atoms with E-state index in [0.717, 1.165) is 17.2 Å². The summed E-state index contributed by atoms with van der Waals surface area (Å²) in [5.74, 6) is 1.51. The third kappa shape index (κ3) is 4.62. The minimum absolute atomic E-state index is 0.121. The number of nitrogens with zero attached hydrogens (tertiary/aromatic N) is 1. The molecule has 0 atom stereocenters. The van der Waals surface area contributed by atoms with Gasteiger partial charge in [-0.2, -0.15) is 11.8 Å². The Bertz CT molecular complexity index is 262. The van der Waals surface area contributed by atoms with Crippen LogP contribution in [0.3, 0.4) is 0 Å². The topological polar surface area (TPSA) is 39.2 Å². The van der Waals surface area contributed by atoms with E-state index in [2.05, 4.69) is 10.5 Å². The molecule has 0 aliphatic rings. The molecule has 0 aliphatic carbocycles. The van der Waals surface area contributed by atoms with Crippen molar-refractivity contribution in [3.63, 3.8) is 0 Å². The Morgan fingerprint density at radius 3 is 3.29 bits per heavy atom. The predicted octanol–water partition coefficient (Wildman–Crippen LogP) is 2.13. The third-order valence-electron chi connectivity index (χ3n) is 1.44. The molecule has 1 aromatic rings. The zero-order valence-electron chi connectivity index (χ0n) is 7.99. The molecular weight excluding hydrogens is 218 g/mol. The van der Waals surface area contributed by atoms with Crippen molar-refractivity contribution in [2.24, 2.45) is 0 Å². The van der Waals surface area contributed by atoms with Crippen LogP contribution < -0.4 is 0 Å². The van der Waals surface area contributed by atoms with Gasteiger partial charge in [0.2, 0.25) is 0 Å². The van der Waals surface area contributed by atoms with Crippen molar-refractivity contribution in [3.8, 4) is 0 Å². The number of hydrogen-bond donors (Lipinski definition) is 0. The van der Waals surface area contributed by atoms with Gasteiger partial charge in [0.15, 0.2) is 5.51 Å². The summed E-state index contributed by atoms with van der Waals surface area (Å²) in [6, 6.07) is 0. The first-order valence-electron chi connectivity index (χ1n) is 4.36. The Morgan fingerprint density at radius 2 is 2.64 bits per heavy atom. The average Bonchev–Trinajstić information content (AvgIpc) is 2.65. The van der Waals surface area contributed by atoms with Gasteiger partial charge in [-0.05, 0) is 6.92 Å². The summed E-state index contributed by atoms with van der Waals surface area (Å²) < 4.78 is 4.81. The van der Waals surface area contributed by atoms with Crippen LogP contribution in [0.5, 0.6) is 0 Å². The number of ether oxygens (including phenoxy) is 1. The fourth-order valence-corrected chi connectivity index (χ4v) is 2.25. The number of carbonyl (C=O) groups excluding carboxylic acids is 1. The molecule has 1 heterocycles. The first-order valence-corrected chi connectivity index (χ1v) is 6.40. The Kier molecular flexibility index (Phi) is 5.63. The monoisotopic (exact) mass is 230 g/mol. The van der Waals surface area contributed by atoms with Crippen LogP contribution in [0.15, 0.2) is 5.38 Å². The van der Waals surface area contributed by atoms with E-state index in [-0.39, 0.29) is 5.97 Å². The van der Waals surface area contributed by atoms with Gasteiger partial charge in [0.25, 0.3) is 0 Å². The Balaban J connectivity index is 2.02. The zero-order valence-corrected chi connectivity index (χ0v) is 9.62. The molecule has 14 heavy (non-hydrogen) atoms. The number of aromatic nitrogens is 1. The Hall–Kier alpha value is -0.550. The molecule has 0 spiro atoms. The lowest BCUT2D eigenvalue weighted by Gasteiger charge is -2.00. The van der Waals surface area contributed by atoms with Gasteiger partial charge in [-0.15, -0.1) is 11.3 Å². The maximum absolute atomic E-state index is 10.9. The van der Waals surface area contributed by atoms with Crippen molar-refractivity contribution in [1.82, 2.24) is 4.98 Å². The van der Waals surface area contributed by atoms with E-state index < -0.39 is 0 Å². The molecule has 0 saturated carbocycles. The molecule has 0 fully saturated rings. The summed E-state index contributed by atoms with van der Waals surface area (Å²) in [6.45, 7) is 2.28. The van der Waals surface area contributed by atoms with E-state index in [1.165, 1.54) is 11.3 Å². The smallest absolute Gasteiger partial charge is 0.306 e. The standard InChI is InChI=1S/C9H12NO2S2/c1-2-12-9(11)3-4-13-5-8-6-14-7-10-8/h6H,2-5H2,1H3. The second-order valence-electron chi connectivity index (χ2n) is 2.54. The highest BCUT2D eigenvalue weighted by Gasteiger charge is 2.01. The number of rotatable bonds is 6. The SMILES string of the molecule is CCOC(=O)CCSCc1cs[c]n1. The molecule has 0 aromatic carbocycles. The van der Waals surface area contributed by atoms with Gasteiger partial charge in [-0.1, -0.05) is 0 Å². The van der Waals surface area contributed by atoms with E-state index in [1.54, 1.807) is 11.8 Å². The van der Waals surface area contributed by atoms with E-state index in [9.17, 15) is 4.79 Å². The molecule has 5 heteroatoms. The normalized spacial score (nSPS) is 10.1. The fourth-order valence-electron chi connectivity index (χ4n) is 0.837. The molecule has 0 unspecified atom stereocenters. The van der Waals surface area contributed by atoms with Crippen LogP contribution in [0.4, 0.5) is 0 Å². The molecule has 0 aliphatic heterocycles. The average molecular weight is 230 g/mol. The van der Waals surface area contributed by atoms with Crippen molar-refractivity contribution in [2.75, 3.05) is 12.4 Å². The van der Waals surface area contributed by atoms with Crippen LogP contribution in [0.2, 0.25) is 0 Å². The van der Waals surface area contributed by atoms with Crippen LogP contribution in [0.25, 0.3) is 0 Å². The van der Waals surface area contributed by atoms with E-state index in [0.29, 0.717) is 13.0 Å². The molecular formula is C9H12NO2S2. The number of esters is 1. The quantitative estimate of drug-likeness (QED) is 0.554. The molecule has 0 N–H and O–H groups in total. The zero-order chi connectivity index (χ0) is 10.2. The van der Waals surface area contributed by atoms with Crippen molar-refractivity contribution in [3.05, 3.63) is 16.6 Å². The molecule has 1 rings (SSSR count). The van der Waals surface area contributed by atoms with E-state index in [4.69, 9.17) is 4.74 Å². The summed E-state index contributed by atoms with van der Waals surface area (Å²) in [6.07, 6.45) is 0.479. The maximum atomic E-state index is 10.9. The Morgan fingerprint density at radius 1 is 1.79 bits per heavy atom. The van der Waals surface area contributed by atoms with Gasteiger partial charge in [0, 0.05) is 16.9 Å². The van der Waals surface area contributed by atoms with Crippen molar-refractivity contribution >= 4 is 29.1 Å². The summed E-state index contributed by atoms with van der Waals surface area (Å²) in [5, 5.41) is 1.97. The predicted molar refractivity (Wildman–Crippen MR) is 58.4 cm³/mol. The van der Waals surface area contributed by atoms with E-state index in [1.807, 2.05) is 12.3 Å². The molecule has 1 radical (unpaired) electrons. The van der Waals surface area contributed by atoms with Crippen molar-refractivity contribution in [2.45, 2.75) is 19.1 Å². The lowest BCUT2D eigenvalue weighted by Crippen LogP contribution is -2.04. The first kappa shape index (κ1) is 11.5. The van der Waals surface area contributed by atoms with Gasteiger partial charge in [-0.25, -0.2) is 4.98 Å². The summed E-state index contributed by atoms with van der Waals surface area (Å²) in [5.41, 5.74) is 3.82. The molecule has 0 bridgehead atoms. The minimum atomic E-state index is -0.121.